The van der Waals surface area contributed by atoms with Crippen molar-refractivity contribution in [2.75, 3.05) is 11.1 Å². The molecule has 0 spiro atoms. The molecule has 0 saturated carbocycles. The number of rotatable bonds is 7. The highest BCUT2D eigenvalue weighted by atomic mass is 32.2. The number of thiazole rings is 1. The third-order valence-electron chi connectivity index (χ3n) is 4.43. The number of hydrogen-bond donors (Lipinski definition) is 3. The SMILES string of the molecule is Cc1csc(NC(=O)CSc2nnc(CC3CC(=O)NC(=O)N3)n2-c2ccc(F)cc2)n1. The first kappa shape index (κ1) is 21.9. The Morgan fingerprint density at radius 2 is 2.09 bits per heavy atom. The molecule has 1 aromatic carbocycles. The zero-order chi connectivity index (χ0) is 22.7. The lowest BCUT2D eigenvalue weighted by Crippen LogP contribution is -2.53. The van der Waals surface area contributed by atoms with E-state index < -0.39 is 17.9 Å². The van der Waals surface area contributed by atoms with Gasteiger partial charge in [-0.15, -0.1) is 21.5 Å². The second-order valence-corrected chi connectivity index (χ2v) is 8.77. The molecule has 3 aromatic rings. The number of carbonyl (C=O) groups excluding carboxylic acids is 3. The second kappa shape index (κ2) is 9.44. The average molecular weight is 476 g/mol. The lowest BCUT2D eigenvalue weighted by Gasteiger charge is -2.23. The van der Waals surface area contributed by atoms with Crippen LogP contribution in [0.5, 0.6) is 0 Å². The van der Waals surface area contributed by atoms with E-state index >= 15 is 0 Å². The zero-order valence-corrected chi connectivity index (χ0v) is 18.4. The van der Waals surface area contributed by atoms with Gasteiger partial charge in [0.1, 0.15) is 11.6 Å². The van der Waals surface area contributed by atoms with Crippen LogP contribution >= 0.6 is 23.1 Å². The molecule has 0 aliphatic carbocycles. The van der Waals surface area contributed by atoms with Gasteiger partial charge in [-0.1, -0.05) is 11.8 Å². The van der Waals surface area contributed by atoms with Gasteiger partial charge in [0.2, 0.25) is 11.8 Å². The lowest BCUT2D eigenvalue weighted by molar-refractivity contribution is -0.121. The molecule has 1 fully saturated rings. The molecule has 0 bridgehead atoms. The number of hydrogen-bond acceptors (Lipinski definition) is 8. The van der Waals surface area contributed by atoms with Crippen LogP contribution in [0.3, 0.4) is 0 Å². The van der Waals surface area contributed by atoms with Gasteiger partial charge in [0.25, 0.3) is 0 Å². The first-order valence-corrected chi connectivity index (χ1v) is 11.4. The minimum atomic E-state index is -0.567. The Hall–Kier alpha value is -3.32. The van der Waals surface area contributed by atoms with Gasteiger partial charge >= 0.3 is 6.03 Å². The predicted molar refractivity (Wildman–Crippen MR) is 116 cm³/mol. The number of carbonyl (C=O) groups is 3. The second-order valence-electron chi connectivity index (χ2n) is 6.97. The first-order valence-electron chi connectivity index (χ1n) is 9.53. The van der Waals surface area contributed by atoms with Crippen LogP contribution in [0.25, 0.3) is 5.69 Å². The minimum Gasteiger partial charge on any atom is -0.334 e. The number of thioether (sulfide) groups is 1. The zero-order valence-electron chi connectivity index (χ0n) is 16.8. The molecule has 1 aliphatic rings. The highest BCUT2D eigenvalue weighted by Gasteiger charge is 2.27. The number of nitrogens with one attached hydrogen (secondary N) is 3. The standard InChI is InChI=1S/C19H18FN7O3S2/c1-10-8-31-18(21-10)24-16(29)9-32-19-26-25-14(6-12-7-15(28)23-17(30)22-12)27(19)13-4-2-11(20)3-5-13/h2-5,8,12H,6-7,9H2,1H3,(H,21,24,29)(H2,22,23,28,30). The van der Waals surface area contributed by atoms with Crippen LogP contribution < -0.4 is 16.0 Å². The van der Waals surface area contributed by atoms with Crippen LogP contribution in [0, 0.1) is 12.7 Å². The van der Waals surface area contributed by atoms with Crippen LogP contribution in [-0.4, -0.2) is 49.4 Å². The molecule has 32 heavy (non-hydrogen) atoms. The number of amides is 4. The molecule has 13 heteroatoms. The van der Waals surface area contributed by atoms with Crippen molar-refractivity contribution < 1.29 is 18.8 Å². The topological polar surface area (TPSA) is 131 Å². The van der Waals surface area contributed by atoms with Gasteiger partial charge in [-0.2, -0.15) is 0 Å². The van der Waals surface area contributed by atoms with Gasteiger partial charge in [-0.25, -0.2) is 14.2 Å². The summed E-state index contributed by atoms with van der Waals surface area (Å²) in [6.07, 6.45) is 0.328. The van der Waals surface area contributed by atoms with E-state index in [2.05, 4.69) is 31.1 Å². The van der Waals surface area contributed by atoms with Crippen molar-refractivity contribution in [1.82, 2.24) is 30.4 Å². The van der Waals surface area contributed by atoms with E-state index in [1.54, 1.807) is 16.7 Å². The quantitative estimate of drug-likeness (QED) is 0.446. The largest absolute Gasteiger partial charge is 0.334 e. The molecule has 4 rings (SSSR count). The van der Waals surface area contributed by atoms with Gasteiger partial charge in [0.15, 0.2) is 10.3 Å². The van der Waals surface area contributed by atoms with Gasteiger partial charge in [0.05, 0.1) is 11.4 Å². The minimum absolute atomic E-state index is 0.0561. The van der Waals surface area contributed by atoms with Gasteiger partial charge in [-0.05, 0) is 31.2 Å². The Bertz CT molecular complexity index is 1150. The van der Waals surface area contributed by atoms with E-state index in [1.807, 2.05) is 12.3 Å². The monoisotopic (exact) mass is 475 g/mol. The van der Waals surface area contributed by atoms with E-state index in [1.165, 1.54) is 23.5 Å². The lowest BCUT2D eigenvalue weighted by atomic mass is 10.1. The van der Waals surface area contributed by atoms with Crippen molar-refractivity contribution in [3.8, 4) is 5.69 Å². The molecule has 1 unspecified atom stereocenters. The van der Waals surface area contributed by atoms with Gasteiger partial charge in [0, 0.05) is 30.0 Å². The molecule has 3 heterocycles. The first-order chi connectivity index (χ1) is 15.4. The number of aryl methyl sites for hydroxylation is 1. The number of nitrogens with zero attached hydrogens (tertiary/aromatic N) is 4. The van der Waals surface area contributed by atoms with Crippen molar-refractivity contribution >= 4 is 46.1 Å². The summed E-state index contributed by atoms with van der Waals surface area (Å²) in [4.78, 5) is 39.8. The third-order valence-corrected chi connectivity index (χ3v) is 6.24. The van der Waals surface area contributed by atoms with Crippen molar-refractivity contribution in [2.24, 2.45) is 0 Å². The Balaban J connectivity index is 1.53. The molecule has 0 radical (unpaired) electrons. The van der Waals surface area contributed by atoms with Crippen LogP contribution in [-0.2, 0) is 16.0 Å². The summed E-state index contributed by atoms with van der Waals surface area (Å²) in [6, 6.07) is 4.71. The van der Waals surface area contributed by atoms with Crippen molar-refractivity contribution in [2.45, 2.75) is 31.0 Å². The fourth-order valence-electron chi connectivity index (χ4n) is 3.09. The van der Waals surface area contributed by atoms with E-state index in [-0.39, 0.29) is 30.4 Å². The molecule has 1 atom stereocenters. The highest BCUT2D eigenvalue weighted by molar-refractivity contribution is 7.99. The summed E-state index contributed by atoms with van der Waals surface area (Å²) in [7, 11) is 0. The van der Waals surface area contributed by atoms with Crippen molar-refractivity contribution in [3.63, 3.8) is 0 Å². The Labute approximate surface area is 190 Å². The smallest absolute Gasteiger partial charge is 0.321 e. The number of benzene rings is 1. The summed E-state index contributed by atoms with van der Waals surface area (Å²) in [5.74, 6) is -0.506. The Morgan fingerprint density at radius 3 is 2.78 bits per heavy atom. The number of anilines is 1. The normalized spacial score (nSPS) is 15.9. The molecule has 166 valence electrons. The maximum absolute atomic E-state index is 13.5. The highest BCUT2D eigenvalue weighted by Crippen LogP contribution is 2.24. The van der Waals surface area contributed by atoms with E-state index in [4.69, 9.17) is 0 Å². The van der Waals surface area contributed by atoms with Gasteiger partial charge < -0.3 is 10.6 Å². The maximum Gasteiger partial charge on any atom is 0.321 e. The van der Waals surface area contributed by atoms with Crippen molar-refractivity contribution in [3.05, 3.63) is 47.0 Å². The summed E-state index contributed by atoms with van der Waals surface area (Å²) in [5, 5.41) is 18.7. The Kier molecular flexibility index (Phi) is 6.46. The Morgan fingerprint density at radius 1 is 1.31 bits per heavy atom. The fraction of sp³-hybridized carbons (Fsp3) is 0.263. The number of imide groups is 1. The summed E-state index contributed by atoms with van der Waals surface area (Å²) < 4.78 is 15.1. The molecule has 3 N–H and O–H groups in total. The maximum atomic E-state index is 13.5. The summed E-state index contributed by atoms with van der Waals surface area (Å²) in [5.41, 5.74) is 1.42. The number of halogens is 1. The van der Waals surface area contributed by atoms with E-state index in [0.29, 0.717) is 21.8 Å². The summed E-state index contributed by atoms with van der Waals surface area (Å²) >= 11 is 2.49. The molecule has 10 nitrogen and oxygen atoms in total. The molecular weight excluding hydrogens is 457 g/mol. The third kappa shape index (κ3) is 5.29. The number of aromatic nitrogens is 4. The number of urea groups is 1. The molecular formula is C19H18FN7O3S2. The average Bonchev–Trinajstić information content (AvgIpc) is 3.32. The molecule has 4 amide bonds. The summed E-state index contributed by atoms with van der Waals surface area (Å²) in [6.45, 7) is 1.84. The predicted octanol–water partition coefficient (Wildman–Crippen LogP) is 2.04. The van der Waals surface area contributed by atoms with E-state index in [9.17, 15) is 18.8 Å². The molecule has 2 aromatic heterocycles. The van der Waals surface area contributed by atoms with Crippen LogP contribution in [0.4, 0.5) is 14.3 Å². The molecule has 1 saturated heterocycles. The van der Waals surface area contributed by atoms with Crippen LogP contribution in [0.1, 0.15) is 17.9 Å². The van der Waals surface area contributed by atoms with Gasteiger partial charge in [-0.3, -0.25) is 19.5 Å². The van der Waals surface area contributed by atoms with Crippen LogP contribution in [0.15, 0.2) is 34.8 Å². The molecule has 1 aliphatic heterocycles. The van der Waals surface area contributed by atoms with E-state index in [0.717, 1.165) is 17.5 Å². The fourth-order valence-corrected chi connectivity index (χ4v) is 4.57. The van der Waals surface area contributed by atoms with Crippen LogP contribution in [0.2, 0.25) is 0 Å². The van der Waals surface area contributed by atoms with Crippen molar-refractivity contribution in [1.29, 1.82) is 0 Å².